The van der Waals surface area contributed by atoms with Gasteiger partial charge < -0.3 is 10.2 Å². The highest BCUT2D eigenvalue weighted by Crippen LogP contribution is 2.38. The molecule has 4 nitrogen and oxygen atoms in total. The van der Waals surface area contributed by atoms with Gasteiger partial charge in [0.1, 0.15) is 11.6 Å². The third-order valence-corrected chi connectivity index (χ3v) is 5.90. The molecule has 0 radical (unpaired) electrons. The van der Waals surface area contributed by atoms with Crippen molar-refractivity contribution in [2.24, 2.45) is 4.99 Å². The summed E-state index contributed by atoms with van der Waals surface area (Å²) in [5.41, 5.74) is 1.30. The molecule has 0 unspecified atom stereocenters. The van der Waals surface area contributed by atoms with Gasteiger partial charge >= 0.3 is 6.03 Å². The summed E-state index contributed by atoms with van der Waals surface area (Å²) in [6, 6.07) is 3.81. The van der Waals surface area contributed by atoms with E-state index >= 15 is 0 Å². The van der Waals surface area contributed by atoms with Crippen molar-refractivity contribution in [3.63, 3.8) is 0 Å². The smallest absolute Gasteiger partial charge is 0.323 e. The zero-order valence-corrected chi connectivity index (χ0v) is 15.5. The molecular weight excluding hydrogens is 336 g/mol. The van der Waals surface area contributed by atoms with Crippen molar-refractivity contribution in [2.45, 2.75) is 56.9 Å². The predicted octanol–water partition coefficient (Wildman–Crippen LogP) is 4.04. The van der Waals surface area contributed by atoms with Gasteiger partial charge in [0, 0.05) is 24.9 Å². The summed E-state index contributed by atoms with van der Waals surface area (Å²) < 4.78 is 27.1. The lowest BCUT2D eigenvalue weighted by Crippen LogP contribution is -2.43. The standard InChI is InChI=1S/C20H27F2N3O/c1-20(14-11-15(21)13-16(22)12-14)7-3-17(4-8-20)24-19(26)25(2)18-5-9-23-10-6-18/h11-13,18,23H,3-10H2,1-2H3. The molecule has 1 saturated carbocycles. The van der Waals surface area contributed by atoms with E-state index < -0.39 is 11.6 Å². The molecule has 1 aliphatic heterocycles. The van der Waals surface area contributed by atoms with Crippen LogP contribution in [-0.4, -0.2) is 42.8 Å². The highest BCUT2D eigenvalue weighted by atomic mass is 19.1. The number of nitrogens with zero attached hydrogens (tertiary/aromatic N) is 2. The number of halogens is 2. The van der Waals surface area contributed by atoms with Gasteiger partial charge in [-0.3, -0.25) is 0 Å². The quantitative estimate of drug-likeness (QED) is 0.862. The molecule has 3 rings (SSSR count). The van der Waals surface area contributed by atoms with Gasteiger partial charge in [-0.2, -0.15) is 0 Å². The molecule has 1 aliphatic carbocycles. The maximum atomic E-state index is 13.5. The normalized spacial score (nSPS) is 24.4. The Labute approximate surface area is 153 Å². The Morgan fingerprint density at radius 3 is 2.31 bits per heavy atom. The van der Waals surface area contributed by atoms with Crippen molar-refractivity contribution in [2.75, 3.05) is 20.1 Å². The van der Waals surface area contributed by atoms with Gasteiger partial charge in [-0.15, -0.1) is 0 Å². The van der Waals surface area contributed by atoms with Gasteiger partial charge in [0.2, 0.25) is 0 Å². The highest BCUT2D eigenvalue weighted by Gasteiger charge is 2.32. The third kappa shape index (κ3) is 4.29. The molecule has 6 heteroatoms. The number of amides is 2. The van der Waals surface area contributed by atoms with E-state index in [0.29, 0.717) is 18.4 Å². The molecule has 1 aromatic rings. The number of hydrogen-bond acceptors (Lipinski definition) is 2. The minimum Gasteiger partial charge on any atom is -0.323 e. The second-order valence-corrected chi connectivity index (χ2v) is 7.77. The maximum Gasteiger partial charge on any atom is 0.343 e. The van der Waals surface area contributed by atoms with Gasteiger partial charge in [0.25, 0.3) is 0 Å². The molecule has 1 N–H and O–H groups in total. The van der Waals surface area contributed by atoms with E-state index in [0.717, 1.165) is 50.6 Å². The summed E-state index contributed by atoms with van der Waals surface area (Å²) in [6.07, 6.45) is 4.74. The molecule has 0 atom stereocenters. The van der Waals surface area contributed by atoms with E-state index in [-0.39, 0.29) is 17.5 Å². The molecule has 1 aromatic carbocycles. The minimum atomic E-state index is -0.542. The van der Waals surface area contributed by atoms with E-state index in [1.807, 2.05) is 14.0 Å². The van der Waals surface area contributed by atoms with Crippen LogP contribution in [-0.2, 0) is 5.41 Å². The molecular formula is C20H27F2N3O. The van der Waals surface area contributed by atoms with E-state index in [2.05, 4.69) is 10.3 Å². The van der Waals surface area contributed by atoms with Crippen LogP contribution in [0.1, 0.15) is 51.0 Å². The van der Waals surface area contributed by atoms with Crippen LogP contribution < -0.4 is 5.32 Å². The summed E-state index contributed by atoms with van der Waals surface area (Å²) >= 11 is 0. The largest absolute Gasteiger partial charge is 0.343 e. The number of nitrogens with one attached hydrogen (secondary N) is 1. The fourth-order valence-electron chi connectivity index (χ4n) is 3.96. The van der Waals surface area contributed by atoms with E-state index in [9.17, 15) is 13.6 Å². The zero-order chi connectivity index (χ0) is 18.7. The number of hydrogen-bond donors (Lipinski definition) is 1. The monoisotopic (exact) mass is 363 g/mol. The SMILES string of the molecule is CN(C(=O)N=C1CCC(C)(c2cc(F)cc(F)c2)CC1)C1CCNCC1. The molecule has 1 heterocycles. The zero-order valence-electron chi connectivity index (χ0n) is 15.5. The predicted molar refractivity (Wildman–Crippen MR) is 98.7 cm³/mol. The van der Waals surface area contributed by atoms with Crippen molar-refractivity contribution < 1.29 is 13.6 Å². The number of aliphatic imine (C=N–C) groups is 1. The summed E-state index contributed by atoms with van der Waals surface area (Å²) in [6.45, 7) is 3.89. The van der Waals surface area contributed by atoms with Crippen LogP contribution in [0.4, 0.5) is 13.6 Å². The molecule has 142 valence electrons. The molecule has 0 spiro atoms. The number of urea groups is 1. The molecule has 26 heavy (non-hydrogen) atoms. The average molecular weight is 363 g/mol. The van der Waals surface area contributed by atoms with Crippen molar-refractivity contribution in [3.8, 4) is 0 Å². The van der Waals surface area contributed by atoms with Crippen LogP contribution in [0.25, 0.3) is 0 Å². The maximum absolute atomic E-state index is 13.5. The average Bonchev–Trinajstić information content (AvgIpc) is 2.63. The Bertz CT molecular complexity index is 668. The molecule has 2 aliphatic rings. The fraction of sp³-hybridized carbons (Fsp3) is 0.600. The van der Waals surface area contributed by atoms with Gasteiger partial charge in [0.05, 0.1) is 0 Å². The third-order valence-electron chi connectivity index (χ3n) is 5.90. The summed E-state index contributed by atoms with van der Waals surface area (Å²) in [5.74, 6) is -1.08. The Balaban J connectivity index is 1.63. The van der Waals surface area contributed by atoms with Crippen molar-refractivity contribution >= 4 is 11.7 Å². The van der Waals surface area contributed by atoms with E-state index in [4.69, 9.17) is 0 Å². The number of piperidine rings is 1. The highest BCUT2D eigenvalue weighted by molar-refractivity contribution is 5.95. The first-order valence-electron chi connectivity index (χ1n) is 9.38. The van der Waals surface area contributed by atoms with Crippen molar-refractivity contribution in [1.82, 2.24) is 10.2 Å². The number of benzene rings is 1. The second-order valence-electron chi connectivity index (χ2n) is 7.77. The Morgan fingerprint density at radius 2 is 1.73 bits per heavy atom. The first-order chi connectivity index (χ1) is 12.4. The summed E-state index contributed by atoms with van der Waals surface area (Å²) in [7, 11) is 1.82. The Hall–Kier alpha value is -1.82. The number of carbonyl (C=O) groups is 1. The van der Waals surface area contributed by atoms with E-state index in [1.165, 1.54) is 12.1 Å². The van der Waals surface area contributed by atoms with Crippen molar-refractivity contribution in [3.05, 3.63) is 35.4 Å². The summed E-state index contributed by atoms with van der Waals surface area (Å²) in [4.78, 5) is 18.5. The molecule has 0 aromatic heterocycles. The first kappa shape index (κ1) is 19.0. The fourth-order valence-corrected chi connectivity index (χ4v) is 3.96. The topological polar surface area (TPSA) is 44.7 Å². The molecule has 0 bridgehead atoms. The summed E-state index contributed by atoms with van der Waals surface area (Å²) in [5, 5.41) is 3.30. The minimum absolute atomic E-state index is 0.174. The van der Waals surface area contributed by atoms with Crippen LogP contribution in [0.5, 0.6) is 0 Å². The first-order valence-corrected chi connectivity index (χ1v) is 9.38. The lowest BCUT2D eigenvalue weighted by atomic mass is 9.70. The van der Waals surface area contributed by atoms with Gasteiger partial charge in [0.15, 0.2) is 0 Å². The molecule has 2 amide bonds. The Kier molecular flexibility index (Phi) is 5.70. The molecule has 2 fully saturated rings. The van der Waals surface area contributed by atoms with Gasteiger partial charge in [-0.05, 0) is 74.7 Å². The van der Waals surface area contributed by atoms with Crippen LogP contribution in [0.15, 0.2) is 23.2 Å². The van der Waals surface area contributed by atoms with Crippen LogP contribution >= 0.6 is 0 Å². The van der Waals surface area contributed by atoms with E-state index in [1.54, 1.807) is 4.90 Å². The number of rotatable bonds is 2. The lowest BCUT2D eigenvalue weighted by molar-refractivity contribution is 0.186. The number of carbonyl (C=O) groups excluding carboxylic acids is 1. The van der Waals surface area contributed by atoms with Crippen molar-refractivity contribution in [1.29, 1.82) is 0 Å². The lowest BCUT2D eigenvalue weighted by Gasteiger charge is -2.35. The van der Waals surface area contributed by atoms with Crippen LogP contribution in [0, 0.1) is 11.6 Å². The molecule has 1 saturated heterocycles. The van der Waals surface area contributed by atoms with Crippen LogP contribution in [0.2, 0.25) is 0 Å². The van der Waals surface area contributed by atoms with Gasteiger partial charge in [-0.1, -0.05) is 6.92 Å². The van der Waals surface area contributed by atoms with Crippen LogP contribution in [0.3, 0.4) is 0 Å². The Morgan fingerprint density at radius 1 is 1.15 bits per heavy atom. The van der Waals surface area contributed by atoms with Gasteiger partial charge in [-0.25, -0.2) is 18.6 Å². The second kappa shape index (κ2) is 7.82.